The summed E-state index contributed by atoms with van der Waals surface area (Å²) in [6, 6.07) is 0.611. The minimum Gasteiger partial charge on any atom is -0.313 e. The van der Waals surface area contributed by atoms with Crippen molar-refractivity contribution in [1.82, 2.24) is 19.4 Å². The van der Waals surface area contributed by atoms with E-state index in [9.17, 15) is 8.42 Å². The zero-order valence-electron chi connectivity index (χ0n) is 13.1. The largest absolute Gasteiger partial charge is 0.313 e. The molecule has 0 bridgehead atoms. The number of hydrogen-bond acceptors (Lipinski definition) is 4. The van der Waals surface area contributed by atoms with Gasteiger partial charge in [0, 0.05) is 31.4 Å². The molecule has 2 rings (SSSR count). The average Bonchev–Trinajstić information content (AvgIpc) is 3.13. The Morgan fingerprint density at radius 3 is 2.76 bits per heavy atom. The minimum atomic E-state index is -3.39. The fourth-order valence-corrected chi connectivity index (χ4v) is 4.02. The molecule has 1 aliphatic carbocycles. The highest BCUT2D eigenvalue weighted by atomic mass is 32.2. The molecule has 0 amide bonds. The van der Waals surface area contributed by atoms with Gasteiger partial charge >= 0.3 is 0 Å². The summed E-state index contributed by atoms with van der Waals surface area (Å²) in [5, 5.41) is 7.46. The molecule has 1 aromatic rings. The third kappa shape index (κ3) is 4.28. The predicted octanol–water partition coefficient (Wildman–Crippen LogP) is 1.44. The summed E-state index contributed by atoms with van der Waals surface area (Å²) >= 11 is 0. The Bertz CT molecular complexity index is 549. The van der Waals surface area contributed by atoms with Crippen LogP contribution >= 0.6 is 0 Å². The zero-order chi connectivity index (χ0) is 15.5. The molecule has 1 heterocycles. The van der Waals surface area contributed by atoms with Crippen LogP contribution in [-0.2, 0) is 16.6 Å². The Labute approximate surface area is 127 Å². The van der Waals surface area contributed by atoms with Crippen LogP contribution in [0.1, 0.15) is 40.0 Å². The van der Waals surface area contributed by atoms with Crippen LogP contribution in [0, 0.1) is 0 Å². The van der Waals surface area contributed by atoms with Crippen LogP contribution in [0.4, 0.5) is 0 Å². The van der Waals surface area contributed by atoms with E-state index < -0.39 is 10.0 Å². The van der Waals surface area contributed by atoms with E-state index in [4.69, 9.17) is 0 Å². The molecule has 1 N–H and O–H groups in total. The molecule has 21 heavy (non-hydrogen) atoms. The van der Waals surface area contributed by atoms with Gasteiger partial charge < -0.3 is 5.32 Å². The summed E-state index contributed by atoms with van der Waals surface area (Å²) in [7, 11) is -3.39. The van der Waals surface area contributed by atoms with E-state index in [1.54, 1.807) is 15.2 Å². The van der Waals surface area contributed by atoms with Crippen molar-refractivity contribution in [3.05, 3.63) is 12.4 Å². The second-order valence-corrected chi connectivity index (χ2v) is 7.79. The summed E-state index contributed by atoms with van der Waals surface area (Å²) in [4.78, 5) is 0.312. The first-order chi connectivity index (χ1) is 9.95. The molecule has 1 fully saturated rings. The van der Waals surface area contributed by atoms with Crippen molar-refractivity contribution in [2.24, 2.45) is 0 Å². The fraction of sp³-hybridized carbons (Fsp3) is 0.786. The van der Waals surface area contributed by atoms with Gasteiger partial charge in [0.1, 0.15) is 4.90 Å². The summed E-state index contributed by atoms with van der Waals surface area (Å²) in [6.45, 7) is 8.21. The number of sulfonamides is 1. The van der Waals surface area contributed by atoms with Crippen LogP contribution in [0.15, 0.2) is 17.3 Å². The molecule has 120 valence electrons. The maximum absolute atomic E-state index is 12.7. The monoisotopic (exact) mass is 314 g/mol. The van der Waals surface area contributed by atoms with Crippen molar-refractivity contribution >= 4 is 10.0 Å². The maximum Gasteiger partial charge on any atom is 0.246 e. The highest BCUT2D eigenvalue weighted by molar-refractivity contribution is 7.89. The van der Waals surface area contributed by atoms with Gasteiger partial charge in [0.05, 0.1) is 12.7 Å². The molecule has 0 aliphatic heterocycles. The number of hydrogen-bond donors (Lipinski definition) is 1. The molecule has 6 nitrogen and oxygen atoms in total. The van der Waals surface area contributed by atoms with Crippen molar-refractivity contribution < 1.29 is 8.42 Å². The van der Waals surface area contributed by atoms with E-state index in [2.05, 4.69) is 24.3 Å². The molecule has 0 saturated heterocycles. The van der Waals surface area contributed by atoms with E-state index in [0.717, 1.165) is 25.8 Å². The molecule has 1 saturated carbocycles. The quantitative estimate of drug-likeness (QED) is 0.749. The molecule has 1 aromatic heterocycles. The van der Waals surface area contributed by atoms with Crippen LogP contribution in [0.3, 0.4) is 0 Å². The standard InChI is InChI=1S/C14H26N4O2S/c1-4-8-18(13-5-6-13)21(19,20)14-10-16-17(11-14)9-7-15-12(2)3/h10-13,15H,4-9H2,1-3H3. The number of nitrogens with zero attached hydrogens (tertiary/aromatic N) is 3. The minimum absolute atomic E-state index is 0.195. The summed E-state index contributed by atoms with van der Waals surface area (Å²) in [6.07, 6.45) is 5.90. The maximum atomic E-state index is 12.7. The van der Waals surface area contributed by atoms with Crippen molar-refractivity contribution in [2.45, 2.75) is 63.6 Å². The number of aromatic nitrogens is 2. The van der Waals surface area contributed by atoms with Gasteiger partial charge in [0.25, 0.3) is 0 Å². The first-order valence-electron chi connectivity index (χ1n) is 7.72. The molecule has 0 radical (unpaired) electrons. The van der Waals surface area contributed by atoms with Crippen LogP contribution in [0.5, 0.6) is 0 Å². The van der Waals surface area contributed by atoms with Gasteiger partial charge in [-0.05, 0) is 19.3 Å². The van der Waals surface area contributed by atoms with Gasteiger partial charge in [-0.1, -0.05) is 20.8 Å². The third-order valence-electron chi connectivity index (χ3n) is 3.51. The molecule has 0 atom stereocenters. The first-order valence-corrected chi connectivity index (χ1v) is 9.17. The Balaban J connectivity index is 2.04. The molecule has 0 spiro atoms. The van der Waals surface area contributed by atoms with Crippen LogP contribution < -0.4 is 5.32 Å². The van der Waals surface area contributed by atoms with Crippen molar-refractivity contribution in [1.29, 1.82) is 0 Å². The lowest BCUT2D eigenvalue weighted by molar-refractivity contribution is 0.403. The topological polar surface area (TPSA) is 67.2 Å². The second kappa shape index (κ2) is 6.89. The molecule has 0 aromatic carbocycles. The second-order valence-electron chi connectivity index (χ2n) is 5.89. The number of rotatable bonds is 9. The Kier molecular flexibility index (Phi) is 5.40. The zero-order valence-corrected chi connectivity index (χ0v) is 13.9. The first kappa shape index (κ1) is 16.5. The third-order valence-corrected chi connectivity index (χ3v) is 5.41. The van der Waals surface area contributed by atoms with Crippen LogP contribution in [-0.4, -0.2) is 47.7 Å². The van der Waals surface area contributed by atoms with Crippen molar-refractivity contribution in [3.8, 4) is 0 Å². The van der Waals surface area contributed by atoms with E-state index >= 15 is 0 Å². The number of nitrogens with one attached hydrogen (secondary N) is 1. The Hall–Kier alpha value is -0.920. The van der Waals surface area contributed by atoms with Crippen LogP contribution in [0.25, 0.3) is 0 Å². The Morgan fingerprint density at radius 1 is 1.48 bits per heavy atom. The van der Waals surface area contributed by atoms with Gasteiger partial charge in [-0.25, -0.2) is 8.42 Å². The summed E-state index contributed by atoms with van der Waals surface area (Å²) in [5.41, 5.74) is 0. The van der Waals surface area contributed by atoms with Gasteiger partial charge in [-0.3, -0.25) is 4.68 Å². The van der Waals surface area contributed by atoms with E-state index in [-0.39, 0.29) is 6.04 Å². The fourth-order valence-electron chi connectivity index (χ4n) is 2.29. The van der Waals surface area contributed by atoms with Gasteiger partial charge in [0.2, 0.25) is 10.0 Å². The van der Waals surface area contributed by atoms with Gasteiger partial charge in [-0.2, -0.15) is 9.40 Å². The molecule has 1 aliphatic rings. The smallest absolute Gasteiger partial charge is 0.246 e. The summed E-state index contributed by atoms with van der Waals surface area (Å²) in [5.74, 6) is 0. The lowest BCUT2D eigenvalue weighted by atomic mass is 10.4. The predicted molar refractivity (Wildman–Crippen MR) is 82.6 cm³/mol. The normalized spacial score (nSPS) is 16.0. The lowest BCUT2D eigenvalue weighted by Crippen LogP contribution is -2.33. The summed E-state index contributed by atoms with van der Waals surface area (Å²) < 4.78 is 28.6. The average molecular weight is 314 g/mol. The van der Waals surface area contributed by atoms with E-state index in [1.807, 2.05) is 6.92 Å². The van der Waals surface area contributed by atoms with Gasteiger partial charge in [-0.15, -0.1) is 0 Å². The van der Waals surface area contributed by atoms with Crippen molar-refractivity contribution in [3.63, 3.8) is 0 Å². The van der Waals surface area contributed by atoms with E-state index in [0.29, 0.717) is 24.0 Å². The molecular weight excluding hydrogens is 288 g/mol. The molecule has 7 heteroatoms. The Morgan fingerprint density at radius 2 is 2.19 bits per heavy atom. The van der Waals surface area contributed by atoms with Crippen molar-refractivity contribution in [2.75, 3.05) is 13.1 Å². The van der Waals surface area contributed by atoms with Gasteiger partial charge in [0.15, 0.2) is 0 Å². The highest BCUT2D eigenvalue weighted by Crippen LogP contribution is 2.31. The SMILES string of the molecule is CCCN(C1CC1)S(=O)(=O)c1cnn(CCNC(C)C)c1. The highest BCUT2D eigenvalue weighted by Gasteiger charge is 2.37. The van der Waals surface area contributed by atoms with E-state index in [1.165, 1.54) is 6.20 Å². The molecule has 0 unspecified atom stereocenters. The van der Waals surface area contributed by atoms with Crippen LogP contribution in [0.2, 0.25) is 0 Å². The lowest BCUT2D eigenvalue weighted by Gasteiger charge is -2.20. The molecular formula is C14H26N4O2S.